The maximum absolute atomic E-state index is 12.3. The number of benzene rings is 1. The second kappa shape index (κ2) is 8.61. The largest absolute Gasteiger partial charge is 0.302 e. The van der Waals surface area contributed by atoms with Crippen molar-refractivity contribution in [3.05, 3.63) is 68.1 Å². The van der Waals surface area contributed by atoms with Crippen molar-refractivity contribution in [3.8, 4) is 6.07 Å². The van der Waals surface area contributed by atoms with Crippen LogP contribution >= 0.6 is 23.8 Å². The molecule has 0 aliphatic carbocycles. The van der Waals surface area contributed by atoms with Gasteiger partial charge in [-0.3, -0.25) is 15.0 Å². The molecule has 0 aliphatic rings. The minimum atomic E-state index is -0.516. The maximum atomic E-state index is 12.3. The summed E-state index contributed by atoms with van der Waals surface area (Å²) in [6.07, 6.45) is 0.660. The molecule has 0 saturated carbocycles. The van der Waals surface area contributed by atoms with E-state index in [4.69, 9.17) is 29.1 Å². The summed E-state index contributed by atoms with van der Waals surface area (Å²) in [5.41, 5.74) is 4.18. The predicted octanol–water partition coefficient (Wildman–Crippen LogP) is 2.57. The molecule has 1 heterocycles. The molecular formula is C18H17ClN4O2S. The monoisotopic (exact) mass is 388 g/mol. The van der Waals surface area contributed by atoms with Crippen LogP contribution in [-0.4, -0.2) is 15.7 Å². The van der Waals surface area contributed by atoms with E-state index in [9.17, 15) is 9.59 Å². The van der Waals surface area contributed by atoms with Crippen molar-refractivity contribution >= 4 is 34.8 Å². The molecule has 2 N–H and O–H groups in total. The zero-order valence-electron chi connectivity index (χ0n) is 14.3. The summed E-state index contributed by atoms with van der Waals surface area (Å²) in [6.45, 7) is 3.39. The van der Waals surface area contributed by atoms with Gasteiger partial charge in [0.25, 0.3) is 5.56 Å². The first-order valence-corrected chi connectivity index (χ1v) is 8.59. The number of halogens is 1. The zero-order chi connectivity index (χ0) is 19.3. The Morgan fingerprint density at radius 2 is 2.04 bits per heavy atom. The summed E-state index contributed by atoms with van der Waals surface area (Å²) in [4.78, 5) is 24.4. The summed E-state index contributed by atoms with van der Waals surface area (Å²) in [5.74, 6) is -0.305. The molecule has 0 radical (unpaired) electrons. The van der Waals surface area contributed by atoms with E-state index in [0.717, 1.165) is 10.2 Å². The maximum Gasteiger partial charge on any atom is 0.287 e. The lowest BCUT2D eigenvalue weighted by Gasteiger charge is -2.15. The van der Waals surface area contributed by atoms with Crippen LogP contribution in [0.4, 0.5) is 0 Å². The molecule has 1 amide bonds. The van der Waals surface area contributed by atoms with Gasteiger partial charge in [0, 0.05) is 17.1 Å². The third-order valence-electron chi connectivity index (χ3n) is 3.75. The first-order chi connectivity index (χ1) is 12.3. The smallest absolute Gasteiger partial charge is 0.287 e. The topological polar surface area (TPSA) is 86.9 Å². The van der Waals surface area contributed by atoms with Crippen LogP contribution in [0.25, 0.3) is 0 Å². The number of nitrogens with zero attached hydrogens (tertiary/aromatic N) is 2. The first kappa shape index (κ1) is 19.6. The van der Waals surface area contributed by atoms with Gasteiger partial charge in [-0.05, 0) is 55.7 Å². The van der Waals surface area contributed by atoms with Crippen molar-refractivity contribution in [1.82, 2.24) is 9.99 Å². The Balaban J connectivity index is 2.01. The van der Waals surface area contributed by atoms with Crippen molar-refractivity contribution in [2.75, 3.05) is 5.43 Å². The second-order valence-corrected chi connectivity index (χ2v) is 6.49. The Morgan fingerprint density at radius 1 is 1.35 bits per heavy atom. The van der Waals surface area contributed by atoms with Gasteiger partial charge in [0.2, 0.25) is 5.91 Å². The predicted molar refractivity (Wildman–Crippen MR) is 105 cm³/mol. The quantitative estimate of drug-likeness (QED) is 0.786. The highest BCUT2D eigenvalue weighted by Gasteiger charge is 2.12. The van der Waals surface area contributed by atoms with Crippen LogP contribution < -0.4 is 16.3 Å². The van der Waals surface area contributed by atoms with E-state index in [1.54, 1.807) is 26.0 Å². The molecule has 0 fully saturated rings. The number of aromatic nitrogens is 1. The molecule has 8 heteroatoms. The Morgan fingerprint density at radius 3 is 2.69 bits per heavy atom. The van der Waals surface area contributed by atoms with Gasteiger partial charge >= 0.3 is 0 Å². The van der Waals surface area contributed by atoms with Gasteiger partial charge in [-0.1, -0.05) is 29.8 Å². The minimum Gasteiger partial charge on any atom is -0.302 e. The van der Waals surface area contributed by atoms with E-state index in [-0.39, 0.29) is 23.0 Å². The van der Waals surface area contributed by atoms with Crippen molar-refractivity contribution < 1.29 is 4.79 Å². The molecule has 2 rings (SSSR count). The standard InChI is InChI=1S/C18H17ClN4O2S/c1-11-9-12(2)23(17(25)14(11)10-20)22-18(26)21-16(24)8-7-13-5-3-4-6-15(13)19/h3-6,9H,7-8H2,1-2H3,(H2,21,22,24,26). The number of carbonyl (C=O) groups excluding carboxylic acids is 1. The van der Waals surface area contributed by atoms with Gasteiger partial charge < -0.3 is 5.32 Å². The van der Waals surface area contributed by atoms with Gasteiger partial charge in [0.05, 0.1) is 0 Å². The van der Waals surface area contributed by atoms with E-state index in [2.05, 4.69) is 10.7 Å². The van der Waals surface area contributed by atoms with Crippen molar-refractivity contribution in [1.29, 1.82) is 5.26 Å². The van der Waals surface area contributed by atoms with Gasteiger partial charge in [-0.2, -0.15) is 5.26 Å². The third-order valence-corrected chi connectivity index (χ3v) is 4.31. The van der Waals surface area contributed by atoms with Gasteiger partial charge in [0.1, 0.15) is 11.6 Å². The molecule has 0 spiro atoms. The van der Waals surface area contributed by atoms with E-state index >= 15 is 0 Å². The van der Waals surface area contributed by atoms with Crippen molar-refractivity contribution in [2.24, 2.45) is 0 Å². The number of nitriles is 1. The van der Waals surface area contributed by atoms with Gasteiger partial charge in [-0.25, -0.2) is 4.68 Å². The summed E-state index contributed by atoms with van der Waals surface area (Å²) < 4.78 is 1.14. The lowest BCUT2D eigenvalue weighted by Crippen LogP contribution is -2.43. The van der Waals surface area contributed by atoms with Crippen LogP contribution in [0.3, 0.4) is 0 Å². The zero-order valence-corrected chi connectivity index (χ0v) is 15.9. The number of aryl methyl sites for hydroxylation is 3. The van der Waals surface area contributed by atoms with Gasteiger partial charge in [-0.15, -0.1) is 0 Å². The van der Waals surface area contributed by atoms with Crippen LogP contribution in [0.15, 0.2) is 35.1 Å². The normalized spacial score (nSPS) is 10.1. The van der Waals surface area contributed by atoms with E-state index in [1.165, 1.54) is 0 Å². The second-order valence-electron chi connectivity index (χ2n) is 5.68. The molecule has 2 aromatic rings. The number of hydrogen-bond acceptors (Lipinski definition) is 4. The van der Waals surface area contributed by atoms with Crippen LogP contribution in [0, 0.1) is 25.2 Å². The lowest BCUT2D eigenvalue weighted by atomic mass is 10.1. The Hall–Kier alpha value is -2.69. The fourth-order valence-corrected chi connectivity index (χ4v) is 2.87. The minimum absolute atomic E-state index is 0.0212. The highest BCUT2D eigenvalue weighted by Crippen LogP contribution is 2.16. The highest BCUT2D eigenvalue weighted by atomic mass is 35.5. The lowest BCUT2D eigenvalue weighted by molar-refractivity contribution is -0.119. The first-order valence-electron chi connectivity index (χ1n) is 7.81. The molecule has 0 aliphatic heterocycles. The molecule has 6 nitrogen and oxygen atoms in total. The summed E-state index contributed by atoms with van der Waals surface area (Å²) in [6, 6.07) is 10.9. The van der Waals surface area contributed by atoms with Crippen LogP contribution in [-0.2, 0) is 11.2 Å². The summed E-state index contributed by atoms with van der Waals surface area (Å²) in [5, 5.41) is 12.2. The highest BCUT2D eigenvalue weighted by molar-refractivity contribution is 7.80. The number of amides is 1. The molecule has 1 aromatic carbocycles. The molecular weight excluding hydrogens is 372 g/mol. The number of thiocarbonyl (C=S) groups is 1. The number of pyridine rings is 1. The molecule has 134 valence electrons. The van der Waals surface area contributed by atoms with Gasteiger partial charge in [0.15, 0.2) is 5.11 Å². The average Bonchev–Trinajstić information content (AvgIpc) is 2.58. The fraction of sp³-hybridized carbons (Fsp3) is 0.222. The van der Waals surface area contributed by atoms with E-state index in [1.807, 2.05) is 24.3 Å². The van der Waals surface area contributed by atoms with Crippen molar-refractivity contribution in [3.63, 3.8) is 0 Å². The van der Waals surface area contributed by atoms with Crippen LogP contribution in [0.1, 0.15) is 28.8 Å². The van der Waals surface area contributed by atoms with Crippen molar-refractivity contribution in [2.45, 2.75) is 26.7 Å². The number of hydrogen-bond donors (Lipinski definition) is 2. The molecule has 26 heavy (non-hydrogen) atoms. The van der Waals surface area contributed by atoms with Crippen LogP contribution in [0.5, 0.6) is 0 Å². The van der Waals surface area contributed by atoms with Crippen LogP contribution in [0.2, 0.25) is 5.02 Å². The number of nitrogens with one attached hydrogen (secondary N) is 2. The Bertz CT molecular complexity index is 963. The summed E-state index contributed by atoms with van der Waals surface area (Å²) in [7, 11) is 0. The number of carbonyl (C=O) groups is 1. The summed E-state index contributed by atoms with van der Waals surface area (Å²) >= 11 is 11.2. The third kappa shape index (κ3) is 4.69. The Labute approximate surface area is 161 Å². The number of rotatable bonds is 4. The van der Waals surface area contributed by atoms with E-state index < -0.39 is 5.56 Å². The SMILES string of the molecule is Cc1cc(C)n(NC(=S)NC(=O)CCc2ccccc2Cl)c(=O)c1C#N. The molecule has 0 bridgehead atoms. The molecule has 0 saturated heterocycles. The fourth-order valence-electron chi connectivity index (χ4n) is 2.43. The Kier molecular flexibility index (Phi) is 6.50. The average molecular weight is 389 g/mol. The molecule has 0 unspecified atom stereocenters. The van der Waals surface area contributed by atoms with E-state index in [0.29, 0.717) is 22.7 Å². The molecule has 0 atom stereocenters. The molecule has 1 aromatic heterocycles.